The predicted molar refractivity (Wildman–Crippen MR) is 105 cm³/mol. The van der Waals surface area contributed by atoms with Crippen LogP contribution in [-0.2, 0) is 23.0 Å². The Balaban J connectivity index is 1.51. The van der Waals surface area contributed by atoms with E-state index in [1.54, 1.807) is 38.2 Å². The molecule has 0 aliphatic carbocycles. The van der Waals surface area contributed by atoms with Gasteiger partial charge in [0.1, 0.15) is 0 Å². The summed E-state index contributed by atoms with van der Waals surface area (Å²) in [5, 5.41) is 13.3. The van der Waals surface area contributed by atoms with Crippen LogP contribution in [0.15, 0.2) is 63.8 Å². The van der Waals surface area contributed by atoms with Gasteiger partial charge in [0.25, 0.3) is 11.4 Å². The zero-order chi connectivity index (χ0) is 20.4. The number of aryl methyl sites for hydroxylation is 1. The molecule has 2 aromatic heterocycles. The van der Waals surface area contributed by atoms with Crippen LogP contribution < -0.4 is 5.56 Å². The summed E-state index contributed by atoms with van der Waals surface area (Å²) in [5.74, 6) is 0.0537. The van der Waals surface area contributed by atoms with E-state index in [9.17, 15) is 9.59 Å². The van der Waals surface area contributed by atoms with Gasteiger partial charge in [0.2, 0.25) is 5.89 Å². The lowest BCUT2D eigenvalue weighted by atomic mass is 10.1. The van der Waals surface area contributed by atoms with Crippen LogP contribution in [0.4, 0.5) is 0 Å². The van der Waals surface area contributed by atoms with E-state index in [2.05, 4.69) is 15.3 Å². The van der Waals surface area contributed by atoms with E-state index in [-0.39, 0.29) is 17.9 Å². The van der Waals surface area contributed by atoms with Crippen molar-refractivity contribution >= 4 is 16.7 Å². The predicted octanol–water partition coefficient (Wildman–Crippen LogP) is 2.83. The number of aromatic nitrogens is 4. The summed E-state index contributed by atoms with van der Waals surface area (Å²) in [7, 11) is 1.55. The molecule has 2 heterocycles. The maximum absolute atomic E-state index is 12.5. The standard InChI is InChI=1S/C21H18N4O4/c1-13(19-22-23-20(29-19)14-8-4-3-5-9-14)28-18(26)12-17-15-10-6-7-11-16(15)21(27)25(2)24-17/h3-11,13H,12H2,1-2H3/t13-/m1/s1. The van der Waals surface area contributed by atoms with Crippen molar-refractivity contribution in [2.45, 2.75) is 19.4 Å². The highest BCUT2D eigenvalue weighted by Crippen LogP contribution is 2.22. The summed E-state index contributed by atoms with van der Waals surface area (Å²) in [5.41, 5.74) is 1.03. The number of carbonyl (C=O) groups excluding carboxylic acids is 1. The molecule has 0 aliphatic rings. The lowest BCUT2D eigenvalue weighted by Gasteiger charge is -2.11. The molecule has 2 aromatic carbocycles. The van der Waals surface area contributed by atoms with E-state index in [4.69, 9.17) is 9.15 Å². The molecule has 0 fully saturated rings. The van der Waals surface area contributed by atoms with Crippen molar-refractivity contribution in [3.8, 4) is 11.5 Å². The molecule has 29 heavy (non-hydrogen) atoms. The number of hydrogen-bond acceptors (Lipinski definition) is 7. The molecule has 0 saturated heterocycles. The van der Waals surface area contributed by atoms with Gasteiger partial charge in [-0.25, -0.2) is 4.68 Å². The molecule has 0 radical (unpaired) electrons. The van der Waals surface area contributed by atoms with Gasteiger partial charge in [0.05, 0.1) is 17.5 Å². The quantitative estimate of drug-likeness (QED) is 0.483. The topological polar surface area (TPSA) is 100 Å². The number of esters is 1. The largest absolute Gasteiger partial charge is 0.452 e. The van der Waals surface area contributed by atoms with Crippen LogP contribution in [0.25, 0.3) is 22.2 Å². The molecule has 4 aromatic rings. The summed E-state index contributed by atoms with van der Waals surface area (Å²) in [6.45, 7) is 1.66. The van der Waals surface area contributed by atoms with Crippen LogP contribution >= 0.6 is 0 Å². The fourth-order valence-corrected chi connectivity index (χ4v) is 3.03. The molecule has 8 heteroatoms. The summed E-state index contributed by atoms with van der Waals surface area (Å²) < 4.78 is 12.3. The highest BCUT2D eigenvalue weighted by molar-refractivity contribution is 5.86. The lowest BCUT2D eigenvalue weighted by Crippen LogP contribution is -2.23. The average Bonchev–Trinajstić information content (AvgIpc) is 3.23. The molecule has 0 unspecified atom stereocenters. The van der Waals surface area contributed by atoms with Gasteiger partial charge in [-0.05, 0) is 25.1 Å². The van der Waals surface area contributed by atoms with Crippen LogP contribution in [0.1, 0.15) is 24.6 Å². The lowest BCUT2D eigenvalue weighted by molar-refractivity contribution is -0.148. The molecule has 8 nitrogen and oxygen atoms in total. The first-order chi connectivity index (χ1) is 14.0. The van der Waals surface area contributed by atoms with Crippen molar-refractivity contribution < 1.29 is 13.9 Å². The Morgan fingerprint density at radius 1 is 1.07 bits per heavy atom. The Labute approximate surface area is 165 Å². The Morgan fingerprint density at radius 2 is 1.76 bits per heavy atom. The van der Waals surface area contributed by atoms with Gasteiger partial charge in [0, 0.05) is 18.0 Å². The summed E-state index contributed by atoms with van der Waals surface area (Å²) in [6.07, 6.45) is -0.801. The first kappa shape index (κ1) is 18.5. The second-order valence-electron chi connectivity index (χ2n) is 6.54. The van der Waals surface area contributed by atoms with E-state index >= 15 is 0 Å². The van der Waals surface area contributed by atoms with Crippen molar-refractivity contribution in [3.05, 3.63) is 76.5 Å². The SMILES string of the molecule is C[C@@H](OC(=O)Cc1nn(C)c(=O)c2ccccc12)c1nnc(-c2ccccc2)o1. The van der Waals surface area contributed by atoms with Gasteiger partial charge in [-0.2, -0.15) is 5.10 Å². The number of ether oxygens (including phenoxy) is 1. The Morgan fingerprint density at radius 3 is 2.52 bits per heavy atom. The minimum Gasteiger partial charge on any atom is -0.452 e. The van der Waals surface area contributed by atoms with E-state index in [1.165, 1.54) is 4.68 Å². The van der Waals surface area contributed by atoms with Crippen LogP contribution in [0, 0.1) is 0 Å². The number of hydrogen-bond donors (Lipinski definition) is 0. The minimum atomic E-state index is -0.716. The molecule has 1 atom stereocenters. The van der Waals surface area contributed by atoms with Crippen LogP contribution in [0.3, 0.4) is 0 Å². The molecule has 0 N–H and O–H groups in total. The number of nitrogens with zero attached hydrogens (tertiary/aromatic N) is 4. The number of rotatable bonds is 5. The van der Waals surface area contributed by atoms with Crippen molar-refractivity contribution in [1.29, 1.82) is 0 Å². The maximum Gasteiger partial charge on any atom is 0.312 e. The van der Waals surface area contributed by atoms with Gasteiger partial charge >= 0.3 is 5.97 Å². The average molecular weight is 390 g/mol. The van der Waals surface area contributed by atoms with Crippen molar-refractivity contribution in [2.24, 2.45) is 7.05 Å². The summed E-state index contributed by atoms with van der Waals surface area (Å²) >= 11 is 0. The highest BCUT2D eigenvalue weighted by Gasteiger charge is 2.20. The normalized spacial score (nSPS) is 12.1. The molecule has 0 aliphatic heterocycles. The maximum atomic E-state index is 12.5. The molecule has 0 saturated carbocycles. The second kappa shape index (κ2) is 7.67. The van der Waals surface area contributed by atoms with Gasteiger partial charge in [-0.1, -0.05) is 36.4 Å². The monoisotopic (exact) mass is 390 g/mol. The fraction of sp³-hybridized carbons (Fsp3) is 0.190. The van der Waals surface area contributed by atoms with Gasteiger partial charge in [-0.3, -0.25) is 9.59 Å². The van der Waals surface area contributed by atoms with Gasteiger partial charge in [0.15, 0.2) is 6.10 Å². The molecule has 0 bridgehead atoms. The van der Waals surface area contributed by atoms with Crippen molar-refractivity contribution in [1.82, 2.24) is 20.0 Å². The zero-order valence-electron chi connectivity index (χ0n) is 15.9. The Kier molecular flexibility index (Phi) is 4.90. The molecular formula is C21H18N4O4. The third kappa shape index (κ3) is 3.77. The van der Waals surface area contributed by atoms with Crippen molar-refractivity contribution in [2.75, 3.05) is 0 Å². The minimum absolute atomic E-state index is 0.0847. The second-order valence-corrected chi connectivity index (χ2v) is 6.54. The van der Waals surface area contributed by atoms with Crippen LogP contribution in [0.2, 0.25) is 0 Å². The first-order valence-electron chi connectivity index (χ1n) is 9.06. The molecule has 146 valence electrons. The number of benzene rings is 2. The van der Waals surface area contributed by atoms with E-state index in [0.717, 1.165) is 5.56 Å². The Bertz CT molecular complexity index is 1230. The van der Waals surface area contributed by atoms with Crippen molar-refractivity contribution in [3.63, 3.8) is 0 Å². The van der Waals surface area contributed by atoms with Gasteiger partial charge < -0.3 is 9.15 Å². The van der Waals surface area contributed by atoms with Crippen LogP contribution in [-0.4, -0.2) is 25.9 Å². The molecular weight excluding hydrogens is 372 g/mol. The number of fused-ring (bicyclic) bond motifs is 1. The fourth-order valence-electron chi connectivity index (χ4n) is 3.03. The summed E-state index contributed by atoms with van der Waals surface area (Å²) in [4.78, 5) is 24.7. The smallest absolute Gasteiger partial charge is 0.312 e. The third-order valence-electron chi connectivity index (χ3n) is 4.46. The van der Waals surface area contributed by atoms with Gasteiger partial charge in [-0.15, -0.1) is 10.2 Å². The van der Waals surface area contributed by atoms with E-state index in [1.807, 2.05) is 30.3 Å². The van der Waals surface area contributed by atoms with E-state index in [0.29, 0.717) is 22.4 Å². The number of carbonyl (C=O) groups is 1. The highest BCUT2D eigenvalue weighted by atomic mass is 16.6. The summed E-state index contributed by atoms with van der Waals surface area (Å²) in [6, 6.07) is 16.4. The first-order valence-corrected chi connectivity index (χ1v) is 9.06. The molecule has 4 rings (SSSR count). The molecule has 0 amide bonds. The third-order valence-corrected chi connectivity index (χ3v) is 4.46. The Hall–Kier alpha value is -3.81. The molecule has 0 spiro atoms. The zero-order valence-corrected chi connectivity index (χ0v) is 15.9. The van der Waals surface area contributed by atoms with Crippen LogP contribution in [0.5, 0.6) is 0 Å². The van der Waals surface area contributed by atoms with E-state index < -0.39 is 12.1 Å².